The average Bonchev–Trinajstić information content (AvgIpc) is 2.74. The number of nitrogens with one attached hydrogen (secondary N) is 2. The molecule has 5 nitrogen and oxygen atoms in total. The maximum atomic E-state index is 12.2. The van der Waals surface area contributed by atoms with E-state index in [-0.39, 0.29) is 17.6 Å². The summed E-state index contributed by atoms with van der Waals surface area (Å²) >= 11 is 5.24. The molecule has 0 spiro atoms. The lowest BCUT2D eigenvalue weighted by molar-refractivity contribution is -0.121. The van der Waals surface area contributed by atoms with E-state index in [0.29, 0.717) is 5.75 Å². The standard InChI is InChI=1S/C23H25N3O2S/c1-3-26(4-2)19-14-12-18(13-15-19)24-23(29)25-22(27)16-28-21-11-7-9-17-8-5-6-10-20(17)21/h5-15H,3-4,16H2,1-2H3,(H2,24,25,27,29). The fraction of sp³-hybridized carbons (Fsp3) is 0.217. The van der Waals surface area contributed by atoms with Crippen LogP contribution in [0.15, 0.2) is 66.7 Å². The maximum Gasteiger partial charge on any atom is 0.264 e. The Kier molecular flexibility index (Phi) is 7.03. The van der Waals surface area contributed by atoms with E-state index in [4.69, 9.17) is 17.0 Å². The molecule has 0 saturated carbocycles. The van der Waals surface area contributed by atoms with E-state index < -0.39 is 0 Å². The van der Waals surface area contributed by atoms with Crippen molar-refractivity contribution in [2.75, 3.05) is 29.9 Å². The van der Waals surface area contributed by atoms with Gasteiger partial charge in [0.05, 0.1) is 0 Å². The van der Waals surface area contributed by atoms with Crippen LogP contribution in [0.1, 0.15) is 13.8 Å². The second kappa shape index (κ2) is 9.89. The van der Waals surface area contributed by atoms with Gasteiger partial charge < -0.3 is 15.0 Å². The molecule has 0 fully saturated rings. The van der Waals surface area contributed by atoms with Crippen LogP contribution in [-0.2, 0) is 4.79 Å². The normalized spacial score (nSPS) is 10.4. The second-order valence-corrected chi connectivity index (χ2v) is 6.90. The lowest BCUT2D eigenvalue weighted by Crippen LogP contribution is -2.37. The fourth-order valence-corrected chi connectivity index (χ4v) is 3.37. The monoisotopic (exact) mass is 407 g/mol. The fourth-order valence-electron chi connectivity index (χ4n) is 3.13. The van der Waals surface area contributed by atoms with Crippen LogP contribution in [-0.4, -0.2) is 30.7 Å². The van der Waals surface area contributed by atoms with Gasteiger partial charge in [0.25, 0.3) is 5.91 Å². The molecule has 0 atom stereocenters. The second-order valence-electron chi connectivity index (χ2n) is 6.49. The van der Waals surface area contributed by atoms with E-state index in [9.17, 15) is 4.79 Å². The minimum Gasteiger partial charge on any atom is -0.483 e. The predicted octanol–water partition coefficient (Wildman–Crippen LogP) is 4.58. The number of nitrogens with zero attached hydrogens (tertiary/aromatic N) is 1. The number of thiocarbonyl (C=S) groups is 1. The molecule has 0 aliphatic rings. The zero-order valence-corrected chi connectivity index (χ0v) is 17.5. The number of fused-ring (bicyclic) bond motifs is 1. The molecule has 1 amide bonds. The van der Waals surface area contributed by atoms with Gasteiger partial charge in [-0.25, -0.2) is 0 Å². The average molecular weight is 408 g/mol. The minimum atomic E-state index is -0.310. The summed E-state index contributed by atoms with van der Waals surface area (Å²) in [5, 5.41) is 7.96. The Morgan fingerprint density at radius 3 is 2.38 bits per heavy atom. The molecule has 0 heterocycles. The van der Waals surface area contributed by atoms with Crippen molar-refractivity contribution in [1.82, 2.24) is 5.32 Å². The Labute approximate surface area is 176 Å². The van der Waals surface area contributed by atoms with E-state index in [2.05, 4.69) is 29.4 Å². The highest BCUT2D eigenvalue weighted by Crippen LogP contribution is 2.25. The van der Waals surface area contributed by atoms with Crippen LogP contribution < -0.4 is 20.3 Å². The molecule has 3 rings (SSSR count). The molecular formula is C23H25N3O2S. The number of carbonyl (C=O) groups is 1. The van der Waals surface area contributed by atoms with Crippen LogP contribution in [0.2, 0.25) is 0 Å². The summed E-state index contributed by atoms with van der Waals surface area (Å²) in [5.41, 5.74) is 1.97. The number of hydrogen-bond acceptors (Lipinski definition) is 4. The highest BCUT2D eigenvalue weighted by atomic mass is 32.1. The summed E-state index contributed by atoms with van der Waals surface area (Å²) < 4.78 is 5.69. The van der Waals surface area contributed by atoms with Gasteiger partial charge in [-0.1, -0.05) is 36.4 Å². The number of hydrogen-bond donors (Lipinski definition) is 2. The van der Waals surface area contributed by atoms with Gasteiger partial charge in [0.1, 0.15) is 5.75 Å². The van der Waals surface area contributed by atoms with Crippen LogP contribution in [0.4, 0.5) is 11.4 Å². The largest absolute Gasteiger partial charge is 0.483 e. The Morgan fingerprint density at radius 2 is 1.66 bits per heavy atom. The number of rotatable bonds is 7. The third-order valence-electron chi connectivity index (χ3n) is 4.62. The van der Waals surface area contributed by atoms with E-state index in [0.717, 1.165) is 35.2 Å². The third kappa shape index (κ3) is 5.45. The van der Waals surface area contributed by atoms with Gasteiger partial charge in [-0.3, -0.25) is 10.1 Å². The first-order valence-corrected chi connectivity index (χ1v) is 10.1. The van der Waals surface area contributed by atoms with Gasteiger partial charge in [0, 0.05) is 29.9 Å². The zero-order chi connectivity index (χ0) is 20.6. The van der Waals surface area contributed by atoms with Crippen LogP contribution in [0, 0.1) is 0 Å². The molecule has 29 heavy (non-hydrogen) atoms. The predicted molar refractivity (Wildman–Crippen MR) is 124 cm³/mol. The van der Waals surface area contributed by atoms with Crippen molar-refractivity contribution in [3.8, 4) is 5.75 Å². The lowest BCUT2D eigenvalue weighted by Gasteiger charge is -2.21. The van der Waals surface area contributed by atoms with E-state index in [1.54, 1.807) is 0 Å². The number of carbonyl (C=O) groups excluding carboxylic acids is 1. The SMILES string of the molecule is CCN(CC)c1ccc(NC(=S)NC(=O)COc2cccc3ccccc23)cc1. The molecule has 3 aromatic carbocycles. The summed E-state index contributed by atoms with van der Waals surface area (Å²) in [6, 6.07) is 21.6. The van der Waals surface area contributed by atoms with Crippen molar-refractivity contribution in [2.45, 2.75) is 13.8 Å². The first kappa shape index (κ1) is 20.6. The van der Waals surface area contributed by atoms with Gasteiger partial charge in [-0.15, -0.1) is 0 Å². The van der Waals surface area contributed by atoms with Gasteiger partial charge in [0.2, 0.25) is 0 Å². The molecule has 2 N–H and O–H groups in total. The van der Waals surface area contributed by atoms with Crippen LogP contribution in [0.5, 0.6) is 5.75 Å². The van der Waals surface area contributed by atoms with Crippen molar-refractivity contribution >= 4 is 45.4 Å². The quantitative estimate of drug-likeness (QED) is 0.562. The van der Waals surface area contributed by atoms with Gasteiger partial charge >= 0.3 is 0 Å². The van der Waals surface area contributed by atoms with Crippen LogP contribution >= 0.6 is 12.2 Å². The topological polar surface area (TPSA) is 53.6 Å². The molecule has 0 unspecified atom stereocenters. The molecule has 0 saturated heterocycles. The summed E-state index contributed by atoms with van der Waals surface area (Å²) in [6.07, 6.45) is 0. The number of anilines is 2. The van der Waals surface area contributed by atoms with Crippen molar-refractivity contribution < 1.29 is 9.53 Å². The minimum absolute atomic E-state index is 0.114. The third-order valence-corrected chi connectivity index (χ3v) is 4.82. The maximum absolute atomic E-state index is 12.2. The molecule has 0 bridgehead atoms. The Hall–Kier alpha value is -3.12. The first-order chi connectivity index (χ1) is 14.1. The molecule has 0 aliphatic heterocycles. The summed E-state index contributed by atoms with van der Waals surface area (Å²) in [4.78, 5) is 14.5. The summed E-state index contributed by atoms with van der Waals surface area (Å²) in [5.74, 6) is 0.360. The van der Waals surface area contributed by atoms with Crippen molar-refractivity contribution in [2.24, 2.45) is 0 Å². The molecule has 3 aromatic rings. The highest BCUT2D eigenvalue weighted by Gasteiger charge is 2.08. The first-order valence-electron chi connectivity index (χ1n) is 9.67. The van der Waals surface area contributed by atoms with E-state index in [1.807, 2.05) is 66.7 Å². The molecule has 0 aromatic heterocycles. The highest BCUT2D eigenvalue weighted by molar-refractivity contribution is 7.80. The number of amides is 1. The number of ether oxygens (including phenoxy) is 1. The summed E-state index contributed by atoms with van der Waals surface area (Å²) in [6.45, 7) is 6.04. The van der Waals surface area contributed by atoms with Crippen LogP contribution in [0.3, 0.4) is 0 Å². The molecule has 0 radical (unpaired) electrons. The van der Waals surface area contributed by atoms with E-state index in [1.165, 1.54) is 0 Å². The Balaban J connectivity index is 1.52. The lowest BCUT2D eigenvalue weighted by atomic mass is 10.1. The van der Waals surface area contributed by atoms with Gasteiger partial charge in [-0.2, -0.15) is 0 Å². The number of benzene rings is 3. The molecular weight excluding hydrogens is 382 g/mol. The van der Waals surface area contributed by atoms with E-state index >= 15 is 0 Å². The Morgan fingerprint density at radius 1 is 0.966 bits per heavy atom. The molecule has 0 aliphatic carbocycles. The van der Waals surface area contributed by atoms with Crippen LogP contribution in [0.25, 0.3) is 10.8 Å². The van der Waals surface area contributed by atoms with Crippen molar-refractivity contribution in [3.63, 3.8) is 0 Å². The smallest absolute Gasteiger partial charge is 0.264 e. The zero-order valence-electron chi connectivity index (χ0n) is 16.6. The van der Waals surface area contributed by atoms with Crippen molar-refractivity contribution in [1.29, 1.82) is 0 Å². The van der Waals surface area contributed by atoms with Gasteiger partial charge in [-0.05, 0) is 61.8 Å². The van der Waals surface area contributed by atoms with Gasteiger partial charge in [0.15, 0.2) is 11.7 Å². The molecule has 6 heteroatoms. The Bertz CT molecular complexity index is 980. The van der Waals surface area contributed by atoms with Crippen molar-refractivity contribution in [3.05, 3.63) is 66.7 Å². The summed E-state index contributed by atoms with van der Waals surface area (Å²) in [7, 11) is 0. The molecule has 150 valence electrons.